The fraction of sp³-hybridized carbons (Fsp3) is 0.556. The Morgan fingerprint density at radius 1 is 1.06 bits per heavy atom. The van der Waals surface area contributed by atoms with Crippen LogP contribution in [-0.2, 0) is 33.7 Å². The molecule has 1 rings (SSSR count). The average Bonchev–Trinajstić information content (AvgIpc) is 2.26. The fourth-order valence-electron chi connectivity index (χ4n) is 1.09. The SMILES string of the molecule is O=C1CCCC(=O)OC(C(=O)O)CC(=O)OO1. The van der Waals surface area contributed by atoms with Crippen molar-refractivity contribution in [3.63, 3.8) is 0 Å². The van der Waals surface area contributed by atoms with Gasteiger partial charge in [0, 0.05) is 6.42 Å². The zero-order valence-corrected chi connectivity index (χ0v) is 8.71. The molecular formula is C9H10O8. The van der Waals surface area contributed by atoms with Crippen LogP contribution in [0.15, 0.2) is 0 Å². The van der Waals surface area contributed by atoms with E-state index in [-0.39, 0.29) is 19.3 Å². The van der Waals surface area contributed by atoms with Crippen LogP contribution in [0, 0.1) is 0 Å². The van der Waals surface area contributed by atoms with Crippen LogP contribution in [0.1, 0.15) is 25.7 Å². The highest BCUT2D eigenvalue weighted by molar-refractivity contribution is 5.84. The van der Waals surface area contributed by atoms with Gasteiger partial charge in [0.1, 0.15) is 0 Å². The molecule has 0 aromatic rings. The van der Waals surface area contributed by atoms with Crippen molar-refractivity contribution in [2.45, 2.75) is 31.8 Å². The van der Waals surface area contributed by atoms with Gasteiger partial charge in [-0.05, 0) is 6.42 Å². The summed E-state index contributed by atoms with van der Waals surface area (Å²) in [6.07, 6.45) is -2.48. The van der Waals surface area contributed by atoms with Crippen LogP contribution >= 0.6 is 0 Å². The van der Waals surface area contributed by atoms with E-state index in [0.717, 1.165) is 0 Å². The molecule has 0 aromatic heterocycles. The summed E-state index contributed by atoms with van der Waals surface area (Å²) in [4.78, 5) is 51.9. The quantitative estimate of drug-likeness (QED) is 0.488. The predicted molar refractivity (Wildman–Crippen MR) is 48.2 cm³/mol. The summed E-state index contributed by atoms with van der Waals surface area (Å²) < 4.78 is 4.54. The first-order chi connectivity index (χ1) is 7.99. The molecule has 94 valence electrons. The van der Waals surface area contributed by atoms with Crippen LogP contribution in [0.5, 0.6) is 0 Å². The first-order valence-electron chi connectivity index (χ1n) is 4.81. The second-order valence-corrected chi connectivity index (χ2v) is 3.29. The number of ether oxygens (including phenoxy) is 1. The molecule has 0 aliphatic carbocycles. The molecule has 1 N–H and O–H groups in total. The highest BCUT2D eigenvalue weighted by Gasteiger charge is 2.28. The first-order valence-corrected chi connectivity index (χ1v) is 4.81. The van der Waals surface area contributed by atoms with Crippen LogP contribution in [0.4, 0.5) is 0 Å². The van der Waals surface area contributed by atoms with E-state index in [4.69, 9.17) is 5.11 Å². The van der Waals surface area contributed by atoms with Crippen LogP contribution < -0.4 is 0 Å². The molecular weight excluding hydrogens is 236 g/mol. The molecule has 1 aliphatic heterocycles. The van der Waals surface area contributed by atoms with Crippen LogP contribution in [0.2, 0.25) is 0 Å². The number of cyclic esters (lactones) is 1. The molecule has 0 amide bonds. The van der Waals surface area contributed by atoms with Crippen molar-refractivity contribution in [2.24, 2.45) is 0 Å². The third-order valence-corrected chi connectivity index (χ3v) is 1.89. The Kier molecular flexibility index (Phi) is 4.44. The van der Waals surface area contributed by atoms with E-state index in [0.29, 0.717) is 0 Å². The highest BCUT2D eigenvalue weighted by Crippen LogP contribution is 2.08. The summed E-state index contributed by atoms with van der Waals surface area (Å²) in [5.41, 5.74) is 0. The Balaban J connectivity index is 2.70. The molecule has 0 saturated carbocycles. The van der Waals surface area contributed by atoms with Gasteiger partial charge >= 0.3 is 23.9 Å². The lowest BCUT2D eigenvalue weighted by atomic mass is 10.2. The van der Waals surface area contributed by atoms with E-state index in [2.05, 4.69) is 14.5 Å². The summed E-state index contributed by atoms with van der Waals surface area (Å²) in [5.74, 6) is -4.17. The lowest BCUT2D eigenvalue weighted by Gasteiger charge is -2.11. The number of hydrogen-bond acceptors (Lipinski definition) is 7. The number of carboxylic acid groups (broad SMARTS) is 1. The maximum atomic E-state index is 11.2. The van der Waals surface area contributed by atoms with Gasteiger partial charge in [0.25, 0.3) is 0 Å². The van der Waals surface area contributed by atoms with Gasteiger partial charge in [-0.3, -0.25) is 4.79 Å². The van der Waals surface area contributed by atoms with Crippen molar-refractivity contribution >= 4 is 23.9 Å². The molecule has 1 unspecified atom stereocenters. The number of carboxylic acids is 1. The minimum absolute atomic E-state index is 0.125. The normalized spacial score (nSPS) is 22.8. The van der Waals surface area contributed by atoms with Gasteiger partial charge < -0.3 is 9.84 Å². The van der Waals surface area contributed by atoms with E-state index in [1.165, 1.54) is 0 Å². The maximum Gasteiger partial charge on any atom is 0.359 e. The molecule has 1 aliphatic rings. The second-order valence-electron chi connectivity index (χ2n) is 3.29. The van der Waals surface area contributed by atoms with Gasteiger partial charge in [-0.2, -0.15) is 0 Å². The fourth-order valence-corrected chi connectivity index (χ4v) is 1.09. The maximum absolute atomic E-state index is 11.2. The Hall–Kier alpha value is -2.12. The summed E-state index contributed by atoms with van der Waals surface area (Å²) in [7, 11) is 0. The van der Waals surface area contributed by atoms with Crippen molar-refractivity contribution in [2.75, 3.05) is 0 Å². The predicted octanol–water partition coefficient (Wildman–Crippen LogP) is -0.442. The average molecular weight is 246 g/mol. The van der Waals surface area contributed by atoms with E-state index in [1.807, 2.05) is 0 Å². The van der Waals surface area contributed by atoms with Gasteiger partial charge in [0.15, 0.2) is 0 Å². The summed E-state index contributed by atoms with van der Waals surface area (Å²) in [6, 6.07) is 0. The van der Waals surface area contributed by atoms with Crippen LogP contribution in [0.3, 0.4) is 0 Å². The van der Waals surface area contributed by atoms with E-state index < -0.39 is 36.4 Å². The molecule has 0 aromatic carbocycles. The van der Waals surface area contributed by atoms with Gasteiger partial charge in [-0.15, -0.1) is 0 Å². The Morgan fingerprint density at radius 3 is 2.29 bits per heavy atom. The van der Waals surface area contributed by atoms with Gasteiger partial charge in [-0.25, -0.2) is 24.2 Å². The smallest absolute Gasteiger partial charge is 0.359 e. The molecule has 1 saturated heterocycles. The third-order valence-electron chi connectivity index (χ3n) is 1.89. The molecule has 0 radical (unpaired) electrons. The lowest BCUT2D eigenvalue weighted by Crippen LogP contribution is -2.30. The molecule has 0 spiro atoms. The monoisotopic (exact) mass is 246 g/mol. The number of carbonyl (C=O) groups excluding carboxylic acids is 3. The largest absolute Gasteiger partial charge is 0.478 e. The molecule has 0 bridgehead atoms. The van der Waals surface area contributed by atoms with Crippen molar-refractivity contribution < 1.29 is 38.8 Å². The van der Waals surface area contributed by atoms with Crippen LogP contribution in [0.25, 0.3) is 0 Å². The van der Waals surface area contributed by atoms with Crippen molar-refractivity contribution in [1.29, 1.82) is 0 Å². The molecule has 8 nitrogen and oxygen atoms in total. The number of aliphatic carboxylic acids is 1. The van der Waals surface area contributed by atoms with Gasteiger partial charge in [-0.1, -0.05) is 0 Å². The molecule has 1 atom stereocenters. The Morgan fingerprint density at radius 2 is 1.65 bits per heavy atom. The van der Waals surface area contributed by atoms with Gasteiger partial charge in [0.2, 0.25) is 6.10 Å². The minimum atomic E-state index is -1.63. The molecule has 1 fully saturated rings. The first kappa shape index (κ1) is 12.9. The Bertz CT molecular complexity index is 347. The number of esters is 1. The van der Waals surface area contributed by atoms with Crippen LogP contribution in [-0.4, -0.2) is 35.1 Å². The van der Waals surface area contributed by atoms with E-state index >= 15 is 0 Å². The molecule has 17 heavy (non-hydrogen) atoms. The highest BCUT2D eigenvalue weighted by atomic mass is 17.2. The summed E-state index contributed by atoms with van der Waals surface area (Å²) in [6.45, 7) is 0. The zero-order chi connectivity index (χ0) is 12.8. The number of carbonyl (C=O) groups is 4. The standard InChI is InChI=1S/C9H10O8/c10-6-2-1-3-7(11)16-17-8(12)4-5(15-6)9(13)14/h5H,1-4H2,(H,13,14). The number of hydrogen-bond donors (Lipinski definition) is 1. The summed E-state index contributed by atoms with van der Waals surface area (Å²) in [5, 5.41) is 8.68. The summed E-state index contributed by atoms with van der Waals surface area (Å²) >= 11 is 0. The third kappa shape index (κ3) is 4.49. The molecule has 8 heteroatoms. The Labute approximate surface area is 95.4 Å². The topological polar surface area (TPSA) is 116 Å². The van der Waals surface area contributed by atoms with E-state index in [9.17, 15) is 19.2 Å². The lowest BCUT2D eigenvalue weighted by molar-refractivity contribution is -0.260. The van der Waals surface area contributed by atoms with Crippen molar-refractivity contribution in [3.05, 3.63) is 0 Å². The van der Waals surface area contributed by atoms with Crippen molar-refractivity contribution in [3.8, 4) is 0 Å². The van der Waals surface area contributed by atoms with Crippen molar-refractivity contribution in [1.82, 2.24) is 0 Å². The number of rotatable bonds is 1. The zero-order valence-electron chi connectivity index (χ0n) is 8.71. The minimum Gasteiger partial charge on any atom is -0.478 e. The molecule has 1 heterocycles. The van der Waals surface area contributed by atoms with Gasteiger partial charge in [0.05, 0.1) is 12.8 Å². The second kappa shape index (κ2) is 5.83. The van der Waals surface area contributed by atoms with E-state index in [1.54, 1.807) is 0 Å².